The molecule has 0 unspecified atom stereocenters. The van der Waals surface area contributed by atoms with Gasteiger partial charge in [-0.2, -0.15) is 5.26 Å². The highest BCUT2D eigenvalue weighted by atomic mass is 15.3. The lowest BCUT2D eigenvalue weighted by atomic mass is 10.1. The van der Waals surface area contributed by atoms with Gasteiger partial charge in [0.05, 0.1) is 5.56 Å². The molecule has 29 heavy (non-hydrogen) atoms. The maximum absolute atomic E-state index is 9.59. The van der Waals surface area contributed by atoms with E-state index in [-0.39, 0.29) is 0 Å². The maximum Gasteiger partial charge on any atom is 0.147 e. The average molecular weight is 392 g/mol. The van der Waals surface area contributed by atoms with Crippen LogP contribution in [0.3, 0.4) is 0 Å². The van der Waals surface area contributed by atoms with Gasteiger partial charge in [-0.1, -0.05) is 0 Å². The van der Waals surface area contributed by atoms with Crippen LogP contribution in [0, 0.1) is 32.1 Å². The zero-order valence-corrected chi connectivity index (χ0v) is 17.6. The van der Waals surface area contributed by atoms with Crippen molar-refractivity contribution in [2.45, 2.75) is 40.0 Å². The molecule has 2 saturated heterocycles. The van der Waals surface area contributed by atoms with E-state index in [2.05, 4.69) is 36.8 Å². The van der Waals surface area contributed by atoms with Gasteiger partial charge in [0, 0.05) is 51.0 Å². The minimum atomic E-state index is 0.689. The van der Waals surface area contributed by atoms with E-state index in [1.54, 1.807) is 0 Å². The lowest BCUT2D eigenvalue weighted by Gasteiger charge is -2.37. The number of piperazine rings is 1. The van der Waals surface area contributed by atoms with Gasteiger partial charge in [-0.05, 0) is 51.7 Å². The molecular weight excluding hydrogens is 362 g/mol. The summed E-state index contributed by atoms with van der Waals surface area (Å²) < 4.78 is 0. The van der Waals surface area contributed by atoms with Crippen LogP contribution in [0.15, 0.2) is 12.1 Å². The minimum Gasteiger partial charge on any atom is -0.356 e. The second-order valence-electron chi connectivity index (χ2n) is 8.04. The van der Waals surface area contributed by atoms with Crippen molar-refractivity contribution in [3.05, 3.63) is 34.8 Å². The van der Waals surface area contributed by atoms with Crippen LogP contribution in [-0.4, -0.2) is 54.2 Å². The molecule has 2 fully saturated rings. The number of pyridine rings is 1. The van der Waals surface area contributed by atoms with Gasteiger partial charge >= 0.3 is 0 Å². The third kappa shape index (κ3) is 4.12. The third-order valence-corrected chi connectivity index (χ3v) is 5.83. The number of hydrogen-bond donors (Lipinski definition) is 0. The Morgan fingerprint density at radius 2 is 1.34 bits per heavy atom. The first-order chi connectivity index (χ1) is 14.0. The van der Waals surface area contributed by atoms with Gasteiger partial charge in [-0.3, -0.25) is 0 Å². The summed E-state index contributed by atoms with van der Waals surface area (Å²) in [6, 6.07) is 6.46. The SMILES string of the molecule is Cc1cc(C)c(C#N)c(N2CCN(c3cc(N4CCCCC4)nc(C)n3)CC2)n1. The third-order valence-electron chi connectivity index (χ3n) is 5.83. The Labute approximate surface area is 173 Å². The molecule has 152 valence electrons. The van der Waals surface area contributed by atoms with Crippen molar-refractivity contribution in [1.82, 2.24) is 15.0 Å². The number of anilines is 3. The zero-order chi connectivity index (χ0) is 20.4. The van der Waals surface area contributed by atoms with Crippen molar-refractivity contribution in [2.75, 3.05) is 54.0 Å². The lowest BCUT2D eigenvalue weighted by Crippen LogP contribution is -2.47. The number of aromatic nitrogens is 3. The molecule has 2 aromatic heterocycles. The van der Waals surface area contributed by atoms with Crippen molar-refractivity contribution in [2.24, 2.45) is 0 Å². The molecule has 0 N–H and O–H groups in total. The standard InChI is InChI=1S/C22H29N7/c1-16-13-17(2)24-22(19(16)15-23)29-11-9-28(10-12-29)21-14-20(25-18(3)26-21)27-7-5-4-6-8-27/h13-14H,4-12H2,1-3H3. The predicted octanol–water partition coefficient (Wildman–Crippen LogP) is 2.99. The summed E-state index contributed by atoms with van der Waals surface area (Å²) in [7, 11) is 0. The van der Waals surface area contributed by atoms with Gasteiger partial charge in [0.2, 0.25) is 0 Å². The van der Waals surface area contributed by atoms with Crippen molar-refractivity contribution in [1.29, 1.82) is 5.26 Å². The van der Waals surface area contributed by atoms with E-state index < -0.39 is 0 Å². The molecule has 7 heteroatoms. The van der Waals surface area contributed by atoms with Crippen LogP contribution < -0.4 is 14.7 Å². The summed E-state index contributed by atoms with van der Waals surface area (Å²) in [6.45, 7) is 11.5. The van der Waals surface area contributed by atoms with Crippen LogP contribution in [0.4, 0.5) is 17.5 Å². The first-order valence-corrected chi connectivity index (χ1v) is 10.5. The normalized spacial score (nSPS) is 17.4. The quantitative estimate of drug-likeness (QED) is 0.796. The van der Waals surface area contributed by atoms with Crippen molar-refractivity contribution in [3.63, 3.8) is 0 Å². The van der Waals surface area contributed by atoms with E-state index >= 15 is 0 Å². The zero-order valence-electron chi connectivity index (χ0n) is 17.6. The molecule has 2 aliphatic rings. The molecule has 4 rings (SSSR count). The molecule has 0 aliphatic carbocycles. The molecule has 0 saturated carbocycles. The Hall–Kier alpha value is -2.88. The van der Waals surface area contributed by atoms with Crippen LogP contribution in [0.1, 0.15) is 41.9 Å². The summed E-state index contributed by atoms with van der Waals surface area (Å²) in [5, 5.41) is 9.59. The van der Waals surface area contributed by atoms with Gasteiger partial charge in [0.1, 0.15) is 29.3 Å². The Bertz CT molecular complexity index is 919. The molecule has 7 nitrogen and oxygen atoms in total. The molecule has 0 bridgehead atoms. The van der Waals surface area contributed by atoms with E-state index in [9.17, 15) is 5.26 Å². The first-order valence-electron chi connectivity index (χ1n) is 10.5. The van der Waals surface area contributed by atoms with Gasteiger partial charge in [0.25, 0.3) is 0 Å². The Morgan fingerprint density at radius 1 is 0.759 bits per heavy atom. The van der Waals surface area contributed by atoms with Crippen LogP contribution in [0.25, 0.3) is 0 Å². The van der Waals surface area contributed by atoms with Gasteiger partial charge in [-0.15, -0.1) is 0 Å². The van der Waals surface area contributed by atoms with Gasteiger partial charge in [0.15, 0.2) is 0 Å². The fraction of sp³-hybridized carbons (Fsp3) is 0.545. The average Bonchev–Trinajstić information content (AvgIpc) is 2.73. The second kappa shape index (κ2) is 8.24. The largest absolute Gasteiger partial charge is 0.356 e. The Morgan fingerprint density at radius 3 is 1.97 bits per heavy atom. The molecule has 0 spiro atoms. The first kappa shape index (κ1) is 19.4. The molecule has 4 heterocycles. The molecule has 0 amide bonds. The van der Waals surface area contributed by atoms with E-state index in [1.165, 1.54) is 19.3 Å². The Kier molecular flexibility index (Phi) is 5.52. The number of nitriles is 1. The van der Waals surface area contributed by atoms with Crippen LogP contribution in [0.5, 0.6) is 0 Å². The topological polar surface area (TPSA) is 72.2 Å². The molecule has 2 aromatic rings. The van der Waals surface area contributed by atoms with Crippen molar-refractivity contribution < 1.29 is 0 Å². The monoisotopic (exact) mass is 391 g/mol. The second-order valence-corrected chi connectivity index (χ2v) is 8.04. The summed E-state index contributed by atoms with van der Waals surface area (Å²) in [4.78, 5) is 21.0. The molecule has 0 aromatic carbocycles. The predicted molar refractivity (Wildman–Crippen MR) is 116 cm³/mol. The molecule has 0 radical (unpaired) electrons. The number of nitrogens with zero attached hydrogens (tertiary/aromatic N) is 7. The van der Waals surface area contributed by atoms with Gasteiger partial charge in [-0.25, -0.2) is 15.0 Å². The smallest absolute Gasteiger partial charge is 0.147 e. The van der Waals surface area contributed by atoms with E-state index in [1.807, 2.05) is 26.8 Å². The molecule has 2 aliphatic heterocycles. The summed E-state index contributed by atoms with van der Waals surface area (Å²) in [5.74, 6) is 3.70. The highest BCUT2D eigenvalue weighted by molar-refractivity contribution is 5.59. The molecular formula is C22H29N7. The van der Waals surface area contributed by atoms with E-state index in [0.717, 1.165) is 73.8 Å². The summed E-state index contributed by atoms with van der Waals surface area (Å²) in [6.07, 6.45) is 3.79. The number of piperidine rings is 1. The minimum absolute atomic E-state index is 0.689. The fourth-order valence-electron chi connectivity index (χ4n) is 4.32. The lowest BCUT2D eigenvalue weighted by molar-refractivity contribution is 0.572. The fourth-order valence-corrected chi connectivity index (χ4v) is 4.32. The highest BCUT2D eigenvalue weighted by Gasteiger charge is 2.24. The highest BCUT2D eigenvalue weighted by Crippen LogP contribution is 2.26. The Balaban J connectivity index is 1.51. The maximum atomic E-state index is 9.59. The van der Waals surface area contributed by atoms with Crippen molar-refractivity contribution in [3.8, 4) is 6.07 Å². The summed E-state index contributed by atoms with van der Waals surface area (Å²) >= 11 is 0. The summed E-state index contributed by atoms with van der Waals surface area (Å²) in [5.41, 5.74) is 2.64. The van der Waals surface area contributed by atoms with Crippen LogP contribution in [0.2, 0.25) is 0 Å². The van der Waals surface area contributed by atoms with Gasteiger partial charge < -0.3 is 14.7 Å². The van der Waals surface area contributed by atoms with Crippen LogP contribution >= 0.6 is 0 Å². The number of hydrogen-bond acceptors (Lipinski definition) is 7. The van der Waals surface area contributed by atoms with E-state index in [0.29, 0.717) is 5.56 Å². The van der Waals surface area contributed by atoms with Crippen molar-refractivity contribution >= 4 is 17.5 Å². The van der Waals surface area contributed by atoms with Crippen LogP contribution in [-0.2, 0) is 0 Å². The van der Waals surface area contributed by atoms with E-state index in [4.69, 9.17) is 4.98 Å². The number of aryl methyl sites for hydroxylation is 3. The number of rotatable bonds is 3. The molecule has 0 atom stereocenters.